The molecule has 30 heavy (non-hydrogen) atoms. The Bertz CT molecular complexity index is 811. The fourth-order valence-corrected chi connectivity index (χ4v) is 3.32. The van der Waals surface area contributed by atoms with E-state index in [9.17, 15) is 9.59 Å². The van der Waals surface area contributed by atoms with E-state index in [1.54, 1.807) is 13.3 Å². The fraction of sp³-hybridized carbons (Fsp3) is 0.476. The summed E-state index contributed by atoms with van der Waals surface area (Å²) in [4.78, 5) is 26.5. The van der Waals surface area contributed by atoms with Gasteiger partial charge in [-0.15, -0.1) is 0 Å². The Balaban J connectivity index is 1.42. The summed E-state index contributed by atoms with van der Waals surface area (Å²) in [6, 6.07) is 10.3. The number of hydrogen-bond acceptors (Lipinski definition) is 6. The molecule has 1 aliphatic heterocycles. The summed E-state index contributed by atoms with van der Waals surface area (Å²) in [6.07, 6.45) is 3.29. The normalized spacial score (nSPS) is 16.9. The van der Waals surface area contributed by atoms with Crippen molar-refractivity contribution in [3.63, 3.8) is 0 Å². The topological polar surface area (TPSA) is 97.7 Å². The summed E-state index contributed by atoms with van der Waals surface area (Å²) in [5.41, 5.74) is 1.81. The third kappa shape index (κ3) is 7.25. The zero-order chi connectivity index (χ0) is 21.2. The van der Waals surface area contributed by atoms with Crippen molar-refractivity contribution in [2.75, 3.05) is 45.3 Å². The van der Waals surface area contributed by atoms with Gasteiger partial charge in [0, 0.05) is 39.5 Å². The molecule has 2 amide bonds. The summed E-state index contributed by atoms with van der Waals surface area (Å²) in [6.45, 7) is 4.01. The molecule has 1 saturated heterocycles. The second kappa shape index (κ2) is 11.4. The minimum absolute atomic E-state index is 0.0831. The largest absolute Gasteiger partial charge is 0.383 e. The number of carbonyl (C=O) groups is 2. The van der Waals surface area contributed by atoms with Crippen molar-refractivity contribution in [1.29, 1.82) is 0 Å². The zero-order valence-corrected chi connectivity index (χ0v) is 17.3. The average molecular weight is 415 g/mol. The highest BCUT2D eigenvalue weighted by Gasteiger charge is 2.23. The average Bonchev–Trinajstić information content (AvgIpc) is 3.15. The predicted molar refractivity (Wildman–Crippen MR) is 112 cm³/mol. The number of morpholine rings is 1. The number of rotatable bonds is 10. The summed E-state index contributed by atoms with van der Waals surface area (Å²) >= 11 is 0. The Morgan fingerprint density at radius 2 is 2.10 bits per heavy atom. The molecule has 1 aromatic heterocycles. The third-order valence-electron chi connectivity index (χ3n) is 4.74. The van der Waals surface area contributed by atoms with E-state index < -0.39 is 0 Å². The van der Waals surface area contributed by atoms with Gasteiger partial charge in [-0.2, -0.15) is 5.10 Å². The van der Waals surface area contributed by atoms with Crippen LogP contribution < -0.4 is 10.6 Å². The maximum Gasteiger partial charge on any atom is 0.241 e. The fourth-order valence-electron chi connectivity index (χ4n) is 3.32. The van der Waals surface area contributed by atoms with Crippen molar-refractivity contribution in [3.05, 3.63) is 48.3 Å². The number of methoxy groups -OCH3 is 1. The first-order chi connectivity index (χ1) is 14.6. The predicted octanol–water partition coefficient (Wildman–Crippen LogP) is 0.875. The van der Waals surface area contributed by atoms with Crippen LogP contribution >= 0.6 is 0 Å². The third-order valence-corrected chi connectivity index (χ3v) is 4.74. The number of anilines is 1. The molecule has 3 rings (SSSR count). The molecule has 162 valence electrons. The van der Waals surface area contributed by atoms with E-state index in [-0.39, 0.29) is 30.9 Å². The molecule has 1 fully saturated rings. The van der Waals surface area contributed by atoms with Crippen molar-refractivity contribution < 1.29 is 19.1 Å². The van der Waals surface area contributed by atoms with Crippen LogP contribution in [-0.4, -0.2) is 72.6 Å². The van der Waals surface area contributed by atoms with Gasteiger partial charge in [-0.25, -0.2) is 0 Å². The number of carbonyl (C=O) groups excluding carboxylic acids is 2. The summed E-state index contributed by atoms with van der Waals surface area (Å²) in [5.74, 6) is -0.298. The number of nitrogens with one attached hydrogen (secondary N) is 2. The molecule has 0 bridgehead atoms. The van der Waals surface area contributed by atoms with Crippen molar-refractivity contribution in [3.8, 4) is 0 Å². The lowest BCUT2D eigenvalue weighted by molar-refractivity contribution is -0.122. The SMILES string of the molecule is COCCNC(=O)Cn1cc(NC(=O)CC2CN(Cc3ccccc3)CCO2)cn1. The maximum atomic E-state index is 12.4. The number of nitrogens with zero attached hydrogens (tertiary/aromatic N) is 3. The highest BCUT2D eigenvalue weighted by Crippen LogP contribution is 2.14. The molecule has 0 aliphatic carbocycles. The van der Waals surface area contributed by atoms with Crippen LogP contribution in [0.1, 0.15) is 12.0 Å². The number of amides is 2. The van der Waals surface area contributed by atoms with Gasteiger partial charge in [0.2, 0.25) is 11.8 Å². The number of aromatic nitrogens is 2. The van der Waals surface area contributed by atoms with Crippen LogP contribution in [-0.2, 0) is 32.2 Å². The molecule has 0 radical (unpaired) electrons. The van der Waals surface area contributed by atoms with E-state index in [1.807, 2.05) is 18.2 Å². The standard InChI is InChI=1S/C21H29N5O4/c1-29-9-7-22-21(28)16-26-14-18(12-23-26)24-20(27)11-19-15-25(8-10-30-19)13-17-5-3-2-4-6-17/h2-6,12,14,19H,7-11,13,15-16H2,1H3,(H,22,28)(H,24,27). The smallest absolute Gasteiger partial charge is 0.241 e. The summed E-state index contributed by atoms with van der Waals surface area (Å²) in [5, 5.41) is 9.67. The molecule has 2 aromatic rings. The molecule has 2 heterocycles. The number of ether oxygens (including phenoxy) is 2. The molecule has 1 aromatic carbocycles. The van der Waals surface area contributed by atoms with E-state index in [4.69, 9.17) is 9.47 Å². The molecule has 0 saturated carbocycles. The minimum atomic E-state index is -0.165. The second-order valence-electron chi connectivity index (χ2n) is 7.24. The maximum absolute atomic E-state index is 12.4. The molecule has 9 nitrogen and oxygen atoms in total. The monoisotopic (exact) mass is 415 g/mol. The molecule has 2 N–H and O–H groups in total. The highest BCUT2D eigenvalue weighted by atomic mass is 16.5. The Kier molecular flexibility index (Phi) is 8.37. The lowest BCUT2D eigenvalue weighted by atomic mass is 10.1. The number of benzene rings is 1. The van der Waals surface area contributed by atoms with Gasteiger partial charge in [0.1, 0.15) is 6.54 Å². The Morgan fingerprint density at radius 3 is 2.90 bits per heavy atom. The molecule has 0 spiro atoms. The second-order valence-corrected chi connectivity index (χ2v) is 7.24. The first-order valence-electron chi connectivity index (χ1n) is 10.1. The molecule has 1 atom stereocenters. The molecule has 9 heteroatoms. The van der Waals surface area contributed by atoms with Crippen LogP contribution in [0.4, 0.5) is 5.69 Å². The van der Waals surface area contributed by atoms with Crippen molar-refractivity contribution in [1.82, 2.24) is 20.0 Å². The van der Waals surface area contributed by atoms with Crippen LogP contribution in [0.15, 0.2) is 42.7 Å². The van der Waals surface area contributed by atoms with E-state index in [0.29, 0.717) is 32.0 Å². The van der Waals surface area contributed by atoms with Crippen molar-refractivity contribution in [2.45, 2.75) is 25.6 Å². The quantitative estimate of drug-likeness (QED) is 0.559. The zero-order valence-electron chi connectivity index (χ0n) is 17.3. The van der Waals surface area contributed by atoms with Crippen LogP contribution in [0, 0.1) is 0 Å². The lowest BCUT2D eigenvalue weighted by Crippen LogP contribution is -2.43. The summed E-state index contributed by atoms with van der Waals surface area (Å²) in [7, 11) is 1.58. The minimum Gasteiger partial charge on any atom is -0.383 e. The molecular formula is C21H29N5O4. The van der Waals surface area contributed by atoms with E-state index in [0.717, 1.165) is 13.1 Å². The molecule has 1 unspecified atom stereocenters. The van der Waals surface area contributed by atoms with Gasteiger partial charge < -0.3 is 20.1 Å². The van der Waals surface area contributed by atoms with E-state index in [1.165, 1.54) is 16.4 Å². The van der Waals surface area contributed by atoms with Gasteiger partial charge in [0.05, 0.1) is 37.6 Å². The molecule has 1 aliphatic rings. The van der Waals surface area contributed by atoms with E-state index >= 15 is 0 Å². The lowest BCUT2D eigenvalue weighted by Gasteiger charge is -2.32. The van der Waals surface area contributed by atoms with Gasteiger partial charge in [-0.3, -0.25) is 19.2 Å². The Labute approximate surface area is 176 Å². The van der Waals surface area contributed by atoms with Gasteiger partial charge >= 0.3 is 0 Å². The van der Waals surface area contributed by atoms with Crippen LogP contribution in [0.5, 0.6) is 0 Å². The van der Waals surface area contributed by atoms with Crippen molar-refractivity contribution in [2.24, 2.45) is 0 Å². The number of hydrogen-bond donors (Lipinski definition) is 2. The van der Waals surface area contributed by atoms with Gasteiger partial charge in [-0.1, -0.05) is 30.3 Å². The highest BCUT2D eigenvalue weighted by molar-refractivity contribution is 5.90. The molecular weight excluding hydrogens is 386 g/mol. The first kappa shape index (κ1) is 21.9. The van der Waals surface area contributed by atoms with Crippen molar-refractivity contribution >= 4 is 17.5 Å². The van der Waals surface area contributed by atoms with E-state index in [2.05, 4.69) is 32.8 Å². The van der Waals surface area contributed by atoms with Crippen LogP contribution in [0.3, 0.4) is 0 Å². The summed E-state index contributed by atoms with van der Waals surface area (Å²) < 4.78 is 12.1. The Hall–Kier alpha value is -2.75. The van der Waals surface area contributed by atoms with Gasteiger partial charge in [-0.05, 0) is 5.56 Å². The first-order valence-corrected chi connectivity index (χ1v) is 10.1. The Morgan fingerprint density at radius 1 is 1.27 bits per heavy atom. The van der Waals surface area contributed by atoms with Gasteiger partial charge in [0.25, 0.3) is 0 Å². The van der Waals surface area contributed by atoms with Crippen LogP contribution in [0.2, 0.25) is 0 Å². The van der Waals surface area contributed by atoms with Gasteiger partial charge in [0.15, 0.2) is 0 Å². The van der Waals surface area contributed by atoms with Crippen LogP contribution in [0.25, 0.3) is 0 Å².